The number of hydrogen-bond acceptors (Lipinski definition) is 3. The normalized spacial score (nSPS) is 22.1. The minimum absolute atomic E-state index is 0.0562. The lowest BCUT2D eigenvalue weighted by atomic mass is 10.1. The molecule has 0 radical (unpaired) electrons. The predicted molar refractivity (Wildman–Crippen MR) is 99.5 cm³/mol. The lowest BCUT2D eigenvalue weighted by Crippen LogP contribution is -2.51. The number of carbonyl (C=O) groups excluding carboxylic acids is 2. The Morgan fingerprint density at radius 3 is 2.36 bits per heavy atom. The highest BCUT2D eigenvalue weighted by Crippen LogP contribution is 2.27. The molecule has 2 aliphatic heterocycles. The molecule has 5 nitrogen and oxygen atoms in total. The first-order valence-electron chi connectivity index (χ1n) is 9.32. The van der Waals surface area contributed by atoms with Gasteiger partial charge in [0.1, 0.15) is 0 Å². The van der Waals surface area contributed by atoms with Crippen LogP contribution in [0.3, 0.4) is 0 Å². The molecule has 0 aromatic heterocycles. The zero-order valence-electron chi connectivity index (χ0n) is 15.6. The Bertz CT molecular complexity index is 618. The molecule has 2 aliphatic rings. The quantitative estimate of drug-likeness (QED) is 0.841. The second-order valence-corrected chi connectivity index (χ2v) is 7.76. The predicted octanol–water partition coefficient (Wildman–Crippen LogP) is 2.15. The van der Waals surface area contributed by atoms with Gasteiger partial charge in [-0.25, -0.2) is 0 Å². The summed E-state index contributed by atoms with van der Waals surface area (Å²) in [7, 11) is 0. The van der Waals surface area contributed by atoms with Crippen LogP contribution >= 0.6 is 0 Å². The maximum absolute atomic E-state index is 12.8. The van der Waals surface area contributed by atoms with Crippen LogP contribution in [0.5, 0.6) is 0 Å². The van der Waals surface area contributed by atoms with Gasteiger partial charge in [-0.2, -0.15) is 0 Å². The van der Waals surface area contributed by atoms with Crippen molar-refractivity contribution in [2.45, 2.75) is 27.2 Å². The number of amides is 2. The van der Waals surface area contributed by atoms with Crippen molar-refractivity contribution in [1.29, 1.82) is 0 Å². The Labute approximate surface area is 150 Å². The van der Waals surface area contributed by atoms with Gasteiger partial charge >= 0.3 is 0 Å². The van der Waals surface area contributed by atoms with E-state index >= 15 is 0 Å². The van der Waals surface area contributed by atoms with Crippen molar-refractivity contribution in [2.24, 2.45) is 11.8 Å². The van der Waals surface area contributed by atoms with Gasteiger partial charge < -0.3 is 9.80 Å². The fourth-order valence-electron chi connectivity index (χ4n) is 3.77. The Morgan fingerprint density at radius 1 is 1.12 bits per heavy atom. The van der Waals surface area contributed by atoms with Gasteiger partial charge in [-0.15, -0.1) is 0 Å². The first kappa shape index (κ1) is 17.9. The van der Waals surface area contributed by atoms with E-state index in [1.807, 2.05) is 36.1 Å². The molecule has 0 bridgehead atoms. The molecule has 2 amide bonds. The fraction of sp³-hybridized carbons (Fsp3) is 0.600. The zero-order chi connectivity index (χ0) is 18.0. The molecule has 25 heavy (non-hydrogen) atoms. The topological polar surface area (TPSA) is 43.9 Å². The zero-order valence-corrected chi connectivity index (χ0v) is 15.6. The first-order chi connectivity index (χ1) is 11.9. The number of carbonyl (C=O) groups is 2. The van der Waals surface area contributed by atoms with E-state index in [-0.39, 0.29) is 17.7 Å². The summed E-state index contributed by atoms with van der Waals surface area (Å²) in [6.07, 6.45) is 0.332. The Hall–Kier alpha value is -1.88. The van der Waals surface area contributed by atoms with E-state index in [4.69, 9.17) is 0 Å². The van der Waals surface area contributed by atoms with Gasteiger partial charge in [0.25, 0.3) is 0 Å². The fourth-order valence-corrected chi connectivity index (χ4v) is 3.77. The lowest BCUT2D eigenvalue weighted by Gasteiger charge is -2.36. The number of rotatable bonds is 4. The third kappa shape index (κ3) is 4.21. The molecule has 1 unspecified atom stereocenters. The summed E-state index contributed by atoms with van der Waals surface area (Å²) in [6, 6.07) is 7.94. The van der Waals surface area contributed by atoms with Gasteiger partial charge in [0.2, 0.25) is 11.8 Å². The Balaban J connectivity index is 1.57. The van der Waals surface area contributed by atoms with Crippen molar-refractivity contribution in [1.82, 2.24) is 9.80 Å². The molecule has 1 aromatic rings. The van der Waals surface area contributed by atoms with E-state index in [0.29, 0.717) is 18.9 Å². The van der Waals surface area contributed by atoms with Gasteiger partial charge in [-0.05, 0) is 25.0 Å². The van der Waals surface area contributed by atoms with Crippen molar-refractivity contribution in [3.8, 4) is 0 Å². The van der Waals surface area contributed by atoms with E-state index in [1.165, 1.54) is 5.56 Å². The van der Waals surface area contributed by atoms with Crippen molar-refractivity contribution in [3.63, 3.8) is 0 Å². The second-order valence-electron chi connectivity index (χ2n) is 7.76. The van der Waals surface area contributed by atoms with Crippen molar-refractivity contribution >= 4 is 17.5 Å². The molecule has 1 aromatic carbocycles. The molecule has 0 aliphatic carbocycles. The molecule has 2 fully saturated rings. The minimum Gasteiger partial charge on any atom is -0.340 e. The highest BCUT2D eigenvalue weighted by atomic mass is 16.2. The molecular weight excluding hydrogens is 314 g/mol. The molecule has 5 heteroatoms. The Morgan fingerprint density at radius 2 is 1.76 bits per heavy atom. The van der Waals surface area contributed by atoms with Crippen LogP contribution in [0, 0.1) is 18.8 Å². The SMILES string of the molecule is Cc1ccc(N2CC(C(=O)N3CCN(CC(C)C)CC3)CC2=O)cc1. The standard InChI is InChI=1S/C20H29N3O2/c1-15(2)13-21-8-10-22(11-9-21)20(25)17-12-19(24)23(14-17)18-6-4-16(3)5-7-18/h4-7,15,17H,8-14H2,1-3H3. The van der Waals surface area contributed by atoms with Crippen molar-refractivity contribution < 1.29 is 9.59 Å². The molecular formula is C20H29N3O2. The van der Waals surface area contributed by atoms with Crippen molar-refractivity contribution in [3.05, 3.63) is 29.8 Å². The lowest BCUT2D eigenvalue weighted by molar-refractivity contribution is -0.137. The van der Waals surface area contributed by atoms with Crippen LogP contribution < -0.4 is 4.90 Å². The summed E-state index contributed by atoms with van der Waals surface area (Å²) in [5.74, 6) is 0.649. The van der Waals surface area contributed by atoms with Crippen LogP contribution in [0.1, 0.15) is 25.8 Å². The summed E-state index contributed by atoms with van der Waals surface area (Å²) in [6.45, 7) is 11.5. The summed E-state index contributed by atoms with van der Waals surface area (Å²) in [5.41, 5.74) is 2.06. The smallest absolute Gasteiger partial charge is 0.228 e. The number of anilines is 1. The Kier molecular flexibility index (Phi) is 5.42. The highest BCUT2D eigenvalue weighted by molar-refractivity contribution is 6.00. The van der Waals surface area contributed by atoms with Crippen LogP contribution in [-0.4, -0.2) is 60.9 Å². The summed E-state index contributed by atoms with van der Waals surface area (Å²) in [5, 5.41) is 0. The largest absolute Gasteiger partial charge is 0.340 e. The van der Waals surface area contributed by atoms with E-state index in [2.05, 4.69) is 18.7 Å². The molecule has 136 valence electrons. The number of nitrogens with zero attached hydrogens (tertiary/aromatic N) is 3. The number of hydrogen-bond donors (Lipinski definition) is 0. The van der Waals surface area contributed by atoms with Crippen molar-refractivity contribution in [2.75, 3.05) is 44.2 Å². The van der Waals surface area contributed by atoms with Crippen LogP contribution in [0.25, 0.3) is 0 Å². The number of aryl methyl sites for hydroxylation is 1. The average molecular weight is 343 g/mol. The van der Waals surface area contributed by atoms with Gasteiger partial charge in [-0.3, -0.25) is 14.5 Å². The van der Waals surface area contributed by atoms with E-state index in [9.17, 15) is 9.59 Å². The van der Waals surface area contributed by atoms with Gasteiger partial charge in [0.05, 0.1) is 5.92 Å². The van der Waals surface area contributed by atoms with Gasteiger partial charge in [0, 0.05) is 51.4 Å². The second kappa shape index (κ2) is 7.56. The minimum atomic E-state index is -0.203. The molecule has 0 N–H and O–H groups in total. The molecule has 2 heterocycles. The maximum Gasteiger partial charge on any atom is 0.228 e. The average Bonchev–Trinajstić information content (AvgIpc) is 2.97. The van der Waals surface area contributed by atoms with Gasteiger partial charge in [-0.1, -0.05) is 31.5 Å². The highest BCUT2D eigenvalue weighted by Gasteiger charge is 2.37. The third-order valence-electron chi connectivity index (χ3n) is 5.13. The van der Waals surface area contributed by atoms with Crippen LogP contribution in [0.2, 0.25) is 0 Å². The monoisotopic (exact) mass is 343 g/mol. The molecule has 0 saturated carbocycles. The molecule has 1 atom stereocenters. The summed E-state index contributed by atoms with van der Waals surface area (Å²) < 4.78 is 0. The molecule has 3 rings (SSSR count). The van der Waals surface area contributed by atoms with E-state index < -0.39 is 0 Å². The van der Waals surface area contributed by atoms with Crippen LogP contribution in [0.4, 0.5) is 5.69 Å². The summed E-state index contributed by atoms with van der Waals surface area (Å²) in [4.78, 5) is 31.3. The van der Waals surface area contributed by atoms with Gasteiger partial charge in [0.15, 0.2) is 0 Å². The van der Waals surface area contributed by atoms with Crippen LogP contribution in [-0.2, 0) is 9.59 Å². The van der Waals surface area contributed by atoms with E-state index in [1.54, 1.807) is 4.90 Å². The maximum atomic E-state index is 12.8. The van der Waals surface area contributed by atoms with E-state index in [0.717, 1.165) is 38.4 Å². The van der Waals surface area contributed by atoms with Crippen LogP contribution in [0.15, 0.2) is 24.3 Å². The summed E-state index contributed by atoms with van der Waals surface area (Å²) >= 11 is 0. The molecule has 2 saturated heterocycles. The number of benzene rings is 1. The molecule has 0 spiro atoms. The number of piperazine rings is 1. The third-order valence-corrected chi connectivity index (χ3v) is 5.13. The first-order valence-corrected chi connectivity index (χ1v) is 9.32.